The smallest absolute Gasteiger partial charge is 0.227 e. The molecule has 0 bridgehead atoms. The topological polar surface area (TPSA) is 85.5 Å². The van der Waals surface area contributed by atoms with Crippen LogP contribution in [0.3, 0.4) is 0 Å². The van der Waals surface area contributed by atoms with Gasteiger partial charge in [-0.1, -0.05) is 11.6 Å². The average molecular weight is 322 g/mol. The van der Waals surface area contributed by atoms with Crippen LogP contribution in [0.4, 0.5) is 0 Å². The summed E-state index contributed by atoms with van der Waals surface area (Å²) in [4.78, 5) is 28.1. The first-order valence-corrected chi connectivity index (χ1v) is 7.31. The van der Waals surface area contributed by atoms with Gasteiger partial charge in [-0.15, -0.1) is 0 Å². The Hall–Kier alpha value is -2.05. The Bertz CT molecular complexity index is 734. The van der Waals surface area contributed by atoms with E-state index in [0.717, 1.165) is 0 Å². The van der Waals surface area contributed by atoms with Crippen LogP contribution in [0.5, 0.6) is 0 Å². The molecule has 22 heavy (non-hydrogen) atoms. The quantitative estimate of drug-likeness (QED) is 0.896. The number of carbonyl (C=O) groups excluding carboxylic acids is 2. The summed E-state index contributed by atoms with van der Waals surface area (Å²) in [6.07, 6.45) is -0.0103. The van der Waals surface area contributed by atoms with Crippen LogP contribution in [0.15, 0.2) is 18.2 Å². The van der Waals surface area contributed by atoms with Gasteiger partial charge in [0.05, 0.1) is 31.3 Å². The second kappa shape index (κ2) is 5.98. The summed E-state index contributed by atoms with van der Waals surface area (Å²) in [5.41, 5.74) is 0.959. The van der Waals surface area contributed by atoms with Crippen molar-refractivity contribution in [3.63, 3.8) is 0 Å². The number of ether oxygens (including phenoxy) is 1. The van der Waals surface area contributed by atoms with E-state index in [0.29, 0.717) is 47.8 Å². The SMILES string of the molecule is O=C([O-])c1[nH]c2ccc(Cl)cc2c1CC(=O)N1CCOCC1. The number of aromatic nitrogens is 1. The fourth-order valence-electron chi connectivity index (χ4n) is 2.65. The summed E-state index contributed by atoms with van der Waals surface area (Å²) in [7, 11) is 0. The van der Waals surface area contributed by atoms with E-state index < -0.39 is 5.97 Å². The Morgan fingerprint density at radius 1 is 1.32 bits per heavy atom. The summed E-state index contributed by atoms with van der Waals surface area (Å²) >= 11 is 5.98. The van der Waals surface area contributed by atoms with Gasteiger partial charge in [-0.2, -0.15) is 0 Å². The number of carbonyl (C=O) groups is 2. The Morgan fingerprint density at radius 2 is 2.05 bits per heavy atom. The molecule has 1 N–H and O–H groups in total. The van der Waals surface area contributed by atoms with Crippen LogP contribution in [0.2, 0.25) is 5.02 Å². The van der Waals surface area contributed by atoms with E-state index in [4.69, 9.17) is 16.3 Å². The Morgan fingerprint density at radius 3 is 2.73 bits per heavy atom. The third-order valence-electron chi connectivity index (χ3n) is 3.76. The monoisotopic (exact) mass is 321 g/mol. The van der Waals surface area contributed by atoms with E-state index in [1.807, 2.05) is 0 Å². The number of morpholine rings is 1. The van der Waals surface area contributed by atoms with E-state index in [-0.39, 0.29) is 18.0 Å². The summed E-state index contributed by atoms with van der Waals surface area (Å²) in [5.74, 6) is -1.47. The summed E-state index contributed by atoms with van der Waals surface area (Å²) in [5, 5.41) is 12.4. The van der Waals surface area contributed by atoms with Crippen LogP contribution in [-0.4, -0.2) is 48.1 Å². The highest BCUT2D eigenvalue weighted by atomic mass is 35.5. The first-order chi connectivity index (χ1) is 10.6. The second-order valence-electron chi connectivity index (χ2n) is 5.13. The van der Waals surface area contributed by atoms with Gasteiger partial charge in [-0.25, -0.2) is 0 Å². The van der Waals surface area contributed by atoms with Crippen molar-refractivity contribution < 1.29 is 19.4 Å². The maximum Gasteiger partial charge on any atom is 0.227 e. The van der Waals surface area contributed by atoms with Crippen molar-refractivity contribution in [1.82, 2.24) is 9.88 Å². The van der Waals surface area contributed by atoms with Crippen molar-refractivity contribution in [3.8, 4) is 0 Å². The van der Waals surface area contributed by atoms with Crippen LogP contribution in [0.1, 0.15) is 16.1 Å². The highest BCUT2D eigenvalue weighted by Crippen LogP contribution is 2.26. The van der Waals surface area contributed by atoms with Crippen LogP contribution < -0.4 is 5.11 Å². The van der Waals surface area contributed by atoms with E-state index in [9.17, 15) is 14.7 Å². The molecule has 7 heteroatoms. The number of carboxylic acid groups (broad SMARTS) is 1. The normalized spacial score (nSPS) is 15.2. The van der Waals surface area contributed by atoms with Gasteiger partial charge in [0, 0.05) is 29.0 Å². The molecule has 1 aliphatic rings. The Kier molecular flexibility index (Phi) is 4.04. The van der Waals surface area contributed by atoms with Crippen LogP contribution in [-0.2, 0) is 16.0 Å². The van der Waals surface area contributed by atoms with Crippen molar-refractivity contribution in [3.05, 3.63) is 34.5 Å². The maximum absolute atomic E-state index is 12.4. The predicted molar refractivity (Wildman–Crippen MR) is 78.7 cm³/mol. The summed E-state index contributed by atoms with van der Waals surface area (Å²) in [6, 6.07) is 5.00. The zero-order chi connectivity index (χ0) is 15.7. The number of nitrogens with zero attached hydrogens (tertiary/aromatic N) is 1. The van der Waals surface area contributed by atoms with Gasteiger partial charge in [0.15, 0.2) is 0 Å². The van der Waals surface area contributed by atoms with Crippen LogP contribution in [0.25, 0.3) is 10.9 Å². The van der Waals surface area contributed by atoms with Crippen LogP contribution in [0, 0.1) is 0 Å². The largest absolute Gasteiger partial charge is 0.543 e. The summed E-state index contributed by atoms with van der Waals surface area (Å²) < 4.78 is 5.21. The minimum absolute atomic E-state index is 0.0103. The molecule has 6 nitrogen and oxygen atoms in total. The van der Waals surface area contributed by atoms with Gasteiger partial charge in [0.25, 0.3) is 0 Å². The Balaban J connectivity index is 1.97. The molecule has 0 atom stereocenters. The van der Waals surface area contributed by atoms with Crippen LogP contribution >= 0.6 is 11.6 Å². The minimum atomic E-state index is -1.34. The van der Waals surface area contributed by atoms with Crippen molar-refractivity contribution in [2.75, 3.05) is 26.3 Å². The lowest BCUT2D eigenvalue weighted by molar-refractivity contribution is -0.255. The fraction of sp³-hybridized carbons (Fsp3) is 0.333. The molecule has 0 radical (unpaired) electrons. The number of benzene rings is 1. The van der Waals surface area contributed by atoms with E-state index >= 15 is 0 Å². The molecule has 1 aromatic carbocycles. The average Bonchev–Trinajstić information content (AvgIpc) is 2.86. The van der Waals surface area contributed by atoms with Gasteiger partial charge in [-0.05, 0) is 23.8 Å². The molecule has 2 aromatic rings. The number of hydrogen-bond donors (Lipinski definition) is 1. The van der Waals surface area contributed by atoms with Gasteiger partial charge in [-0.3, -0.25) is 4.79 Å². The van der Waals surface area contributed by atoms with Gasteiger partial charge >= 0.3 is 0 Å². The molecule has 1 aromatic heterocycles. The minimum Gasteiger partial charge on any atom is -0.543 e. The first-order valence-electron chi connectivity index (χ1n) is 6.93. The molecule has 1 aliphatic heterocycles. The molecule has 0 spiro atoms. The molecule has 0 saturated carbocycles. The zero-order valence-electron chi connectivity index (χ0n) is 11.7. The standard InChI is InChI=1S/C15H15ClN2O4/c16-9-1-2-12-10(7-9)11(14(17-12)15(20)21)8-13(19)18-3-5-22-6-4-18/h1-2,7,17H,3-6,8H2,(H,20,21)/p-1. The molecule has 1 fully saturated rings. The Labute approximate surface area is 131 Å². The lowest BCUT2D eigenvalue weighted by atomic mass is 10.1. The number of hydrogen-bond acceptors (Lipinski definition) is 4. The van der Waals surface area contributed by atoms with Crippen molar-refractivity contribution in [2.24, 2.45) is 0 Å². The third-order valence-corrected chi connectivity index (χ3v) is 4.00. The number of halogens is 1. The number of nitrogens with one attached hydrogen (secondary N) is 1. The van der Waals surface area contributed by atoms with Crippen molar-refractivity contribution in [2.45, 2.75) is 6.42 Å². The van der Waals surface area contributed by atoms with E-state index in [1.165, 1.54) is 0 Å². The fourth-order valence-corrected chi connectivity index (χ4v) is 2.83. The predicted octanol–water partition coefficient (Wildman–Crippen LogP) is 0.586. The molecule has 3 rings (SSSR count). The molecule has 0 unspecified atom stereocenters. The molecule has 2 heterocycles. The highest BCUT2D eigenvalue weighted by molar-refractivity contribution is 6.31. The van der Waals surface area contributed by atoms with E-state index in [2.05, 4.69) is 4.98 Å². The van der Waals surface area contributed by atoms with Gasteiger partial charge in [0.1, 0.15) is 0 Å². The first kappa shape index (κ1) is 14.9. The third kappa shape index (κ3) is 2.80. The molecule has 1 saturated heterocycles. The van der Waals surface area contributed by atoms with Crippen molar-refractivity contribution >= 4 is 34.4 Å². The number of carboxylic acids is 1. The van der Waals surface area contributed by atoms with Gasteiger partial charge in [0.2, 0.25) is 5.91 Å². The number of fused-ring (bicyclic) bond motifs is 1. The molecular weight excluding hydrogens is 308 g/mol. The molecule has 0 aliphatic carbocycles. The zero-order valence-corrected chi connectivity index (χ0v) is 12.5. The number of aromatic carboxylic acids is 1. The number of aromatic amines is 1. The summed E-state index contributed by atoms with van der Waals surface area (Å²) in [6.45, 7) is 2.03. The van der Waals surface area contributed by atoms with Crippen molar-refractivity contribution in [1.29, 1.82) is 0 Å². The molecular formula is C15H14ClN2O4-. The lowest BCUT2D eigenvalue weighted by Crippen LogP contribution is -2.41. The van der Waals surface area contributed by atoms with Gasteiger partial charge < -0.3 is 24.5 Å². The lowest BCUT2D eigenvalue weighted by Gasteiger charge is -2.27. The maximum atomic E-state index is 12.4. The van der Waals surface area contributed by atoms with E-state index in [1.54, 1.807) is 23.1 Å². The second-order valence-corrected chi connectivity index (χ2v) is 5.56. The highest BCUT2D eigenvalue weighted by Gasteiger charge is 2.21. The molecule has 1 amide bonds. The number of H-pyrrole nitrogens is 1. The molecule has 116 valence electrons. The number of amides is 1. The number of rotatable bonds is 3.